The van der Waals surface area contributed by atoms with Gasteiger partial charge in [-0.25, -0.2) is 0 Å². The molecule has 4 heteroatoms. The molecule has 1 N–H and O–H groups in total. The number of aliphatic hydroxyl groups excluding tert-OH is 1. The standard InChI is InChI=1S/C14H12N2O2/c1-18-12-6-3-7-16-13(12)14(17)11-5-2-4-10(8-11)9-15/h2-8,14,17H,1H3. The third-order valence-corrected chi connectivity index (χ3v) is 2.61. The lowest BCUT2D eigenvalue weighted by Crippen LogP contribution is -2.05. The third kappa shape index (κ3) is 2.31. The summed E-state index contributed by atoms with van der Waals surface area (Å²) in [6, 6.07) is 12.3. The zero-order chi connectivity index (χ0) is 13.0. The average Bonchev–Trinajstić information content (AvgIpc) is 2.46. The normalized spacial score (nSPS) is 11.6. The van der Waals surface area contributed by atoms with Crippen LogP contribution in [0.4, 0.5) is 0 Å². The molecule has 0 aliphatic carbocycles. The second kappa shape index (κ2) is 5.30. The minimum Gasteiger partial charge on any atom is -0.495 e. The second-order valence-electron chi connectivity index (χ2n) is 3.73. The number of rotatable bonds is 3. The van der Waals surface area contributed by atoms with Gasteiger partial charge in [-0.1, -0.05) is 12.1 Å². The first-order valence-corrected chi connectivity index (χ1v) is 5.43. The Labute approximate surface area is 105 Å². The van der Waals surface area contributed by atoms with Gasteiger partial charge in [0.05, 0.1) is 18.7 Å². The fourth-order valence-corrected chi connectivity index (χ4v) is 1.72. The van der Waals surface area contributed by atoms with Crippen LogP contribution in [0.15, 0.2) is 42.6 Å². The number of pyridine rings is 1. The Kier molecular flexibility index (Phi) is 3.56. The summed E-state index contributed by atoms with van der Waals surface area (Å²) >= 11 is 0. The van der Waals surface area contributed by atoms with Crippen LogP contribution in [-0.2, 0) is 0 Å². The molecule has 0 aliphatic heterocycles. The van der Waals surface area contributed by atoms with Crippen LogP contribution in [0.25, 0.3) is 0 Å². The van der Waals surface area contributed by atoms with Crippen LogP contribution in [-0.4, -0.2) is 17.2 Å². The summed E-state index contributed by atoms with van der Waals surface area (Å²) in [5.41, 5.74) is 1.56. The maximum absolute atomic E-state index is 10.3. The molecule has 0 radical (unpaired) electrons. The lowest BCUT2D eigenvalue weighted by Gasteiger charge is -2.13. The molecular formula is C14H12N2O2. The Morgan fingerprint density at radius 1 is 1.33 bits per heavy atom. The van der Waals surface area contributed by atoms with Crippen molar-refractivity contribution in [3.63, 3.8) is 0 Å². The molecule has 1 aromatic carbocycles. The second-order valence-corrected chi connectivity index (χ2v) is 3.73. The van der Waals surface area contributed by atoms with Crippen LogP contribution >= 0.6 is 0 Å². The number of benzene rings is 1. The Balaban J connectivity index is 2.41. The molecule has 1 unspecified atom stereocenters. The number of hydrogen-bond donors (Lipinski definition) is 1. The lowest BCUT2D eigenvalue weighted by molar-refractivity contribution is 0.209. The van der Waals surface area contributed by atoms with Crippen molar-refractivity contribution in [1.29, 1.82) is 5.26 Å². The van der Waals surface area contributed by atoms with E-state index in [-0.39, 0.29) is 0 Å². The molecule has 0 fully saturated rings. The molecule has 1 aromatic heterocycles. The van der Waals surface area contributed by atoms with E-state index < -0.39 is 6.10 Å². The summed E-state index contributed by atoms with van der Waals surface area (Å²) in [4.78, 5) is 4.12. The third-order valence-electron chi connectivity index (χ3n) is 2.61. The van der Waals surface area contributed by atoms with Gasteiger partial charge in [-0.15, -0.1) is 0 Å². The monoisotopic (exact) mass is 240 g/mol. The molecule has 1 atom stereocenters. The van der Waals surface area contributed by atoms with E-state index in [4.69, 9.17) is 10.00 Å². The van der Waals surface area contributed by atoms with Crippen molar-refractivity contribution >= 4 is 0 Å². The SMILES string of the molecule is COc1cccnc1C(O)c1cccc(C#N)c1. The predicted octanol–water partition coefficient (Wildman–Crippen LogP) is 2.04. The Morgan fingerprint density at radius 3 is 2.89 bits per heavy atom. The number of nitrogens with zero attached hydrogens (tertiary/aromatic N) is 2. The van der Waals surface area contributed by atoms with E-state index in [1.54, 1.807) is 42.6 Å². The summed E-state index contributed by atoms with van der Waals surface area (Å²) < 4.78 is 5.16. The average molecular weight is 240 g/mol. The molecule has 0 saturated carbocycles. The molecule has 1 heterocycles. The van der Waals surface area contributed by atoms with Crippen molar-refractivity contribution in [3.05, 3.63) is 59.4 Å². The Morgan fingerprint density at radius 2 is 2.17 bits per heavy atom. The maximum Gasteiger partial charge on any atom is 0.143 e. The highest BCUT2D eigenvalue weighted by Crippen LogP contribution is 2.27. The number of aliphatic hydroxyl groups is 1. The van der Waals surface area contributed by atoms with Crippen molar-refractivity contribution in [2.24, 2.45) is 0 Å². The summed E-state index contributed by atoms with van der Waals surface area (Å²) in [6.45, 7) is 0. The topological polar surface area (TPSA) is 66.1 Å². The van der Waals surface area contributed by atoms with Gasteiger partial charge in [0, 0.05) is 6.20 Å². The zero-order valence-electron chi connectivity index (χ0n) is 9.87. The largest absolute Gasteiger partial charge is 0.495 e. The van der Waals surface area contributed by atoms with Crippen molar-refractivity contribution in [1.82, 2.24) is 4.98 Å². The van der Waals surface area contributed by atoms with Gasteiger partial charge < -0.3 is 9.84 Å². The molecule has 2 aromatic rings. The Hall–Kier alpha value is -2.38. The van der Waals surface area contributed by atoms with E-state index in [9.17, 15) is 5.11 Å². The maximum atomic E-state index is 10.3. The number of methoxy groups -OCH3 is 1. The number of ether oxygens (including phenoxy) is 1. The van der Waals surface area contributed by atoms with Crippen molar-refractivity contribution in [2.45, 2.75) is 6.10 Å². The van der Waals surface area contributed by atoms with Crippen molar-refractivity contribution < 1.29 is 9.84 Å². The lowest BCUT2D eigenvalue weighted by atomic mass is 10.0. The molecule has 18 heavy (non-hydrogen) atoms. The van der Waals surface area contributed by atoms with Gasteiger partial charge in [-0.05, 0) is 29.8 Å². The van der Waals surface area contributed by atoms with E-state index in [0.717, 1.165) is 0 Å². The first-order chi connectivity index (χ1) is 8.76. The molecule has 4 nitrogen and oxygen atoms in total. The predicted molar refractivity (Wildman–Crippen MR) is 66.0 cm³/mol. The fraction of sp³-hybridized carbons (Fsp3) is 0.143. The zero-order valence-corrected chi connectivity index (χ0v) is 9.87. The van der Waals surface area contributed by atoms with Crippen LogP contribution in [0.2, 0.25) is 0 Å². The van der Waals surface area contributed by atoms with E-state index in [0.29, 0.717) is 22.6 Å². The van der Waals surface area contributed by atoms with E-state index in [1.807, 2.05) is 6.07 Å². The van der Waals surface area contributed by atoms with E-state index >= 15 is 0 Å². The number of aromatic nitrogens is 1. The van der Waals surface area contributed by atoms with E-state index in [2.05, 4.69) is 4.98 Å². The minimum absolute atomic E-state index is 0.440. The molecular weight excluding hydrogens is 228 g/mol. The van der Waals surface area contributed by atoms with Crippen LogP contribution in [0.5, 0.6) is 5.75 Å². The first-order valence-electron chi connectivity index (χ1n) is 5.43. The minimum atomic E-state index is -0.908. The highest BCUT2D eigenvalue weighted by atomic mass is 16.5. The molecule has 90 valence electrons. The summed E-state index contributed by atoms with van der Waals surface area (Å²) in [6.07, 6.45) is 0.685. The highest BCUT2D eigenvalue weighted by Gasteiger charge is 2.16. The van der Waals surface area contributed by atoms with Gasteiger partial charge in [-0.2, -0.15) is 5.26 Å². The van der Waals surface area contributed by atoms with Crippen molar-refractivity contribution in [2.75, 3.05) is 7.11 Å². The molecule has 0 aliphatic rings. The summed E-state index contributed by atoms with van der Waals surface area (Å²) in [5, 5.41) is 19.1. The number of nitriles is 1. The molecule has 0 amide bonds. The first kappa shape index (κ1) is 12.1. The van der Waals surface area contributed by atoms with Crippen LogP contribution in [0, 0.1) is 11.3 Å². The van der Waals surface area contributed by atoms with Crippen LogP contribution < -0.4 is 4.74 Å². The fourth-order valence-electron chi connectivity index (χ4n) is 1.72. The molecule has 2 rings (SSSR count). The Bertz CT molecular complexity index is 590. The molecule has 0 saturated heterocycles. The smallest absolute Gasteiger partial charge is 0.143 e. The van der Waals surface area contributed by atoms with Gasteiger partial charge in [0.1, 0.15) is 17.5 Å². The van der Waals surface area contributed by atoms with Crippen LogP contribution in [0.3, 0.4) is 0 Å². The van der Waals surface area contributed by atoms with Crippen molar-refractivity contribution in [3.8, 4) is 11.8 Å². The summed E-state index contributed by atoms with van der Waals surface area (Å²) in [5.74, 6) is 0.521. The van der Waals surface area contributed by atoms with Gasteiger partial charge in [0.2, 0.25) is 0 Å². The van der Waals surface area contributed by atoms with Gasteiger partial charge in [0.25, 0.3) is 0 Å². The van der Waals surface area contributed by atoms with Gasteiger partial charge in [0.15, 0.2) is 0 Å². The number of hydrogen-bond acceptors (Lipinski definition) is 4. The summed E-state index contributed by atoms with van der Waals surface area (Å²) in [7, 11) is 1.53. The molecule has 0 bridgehead atoms. The van der Waals surface area contributed by atoms with E-state index in [1.165, 1.54) is 7.11 Å². The van der Waals surface area contributed by atoms with Crippen LogP contribution in [0.1, 0.15) is 22.9 Å². The van der Waals surface area contributed by atoms with Gasteiger partial charge >= 0.3 is 0 Å². The van der Waals surface area contributed by atoms with Gasteiger partial charge in [-0.3, -0.25) is 4.98 Å². The molecule has 0 spiro atoms. The highest BCUT2D eigenvalue weighted by molar-refractivity contribution is 5.39. The quantitative estimate of drug-likeness (QED) is 0.891.